The Balaban J connectivity index is 1.89. The van der Waals surface area contributed by atoms with Gasteiger partial charge >= 0.3 is 0 Å². The van der Waals surface area contributed by atoms with E-state index in [2.05, 4.69) is 15.9 Å². The smallest absolute Gasteiger partial charge is 0.232 e. The molecule has 1 fully saturated rings. The summed E-state index contributed by atoms with van der Waals surface area (Å²) < 4.78 is 23.1. The van der Waals surface area contributed by atoms with Crippen LogP contribution in [0.5, 0.6) is 0 Å². The molecule has 1 aliphatic rings. The molecule has 0 aliphatic carbocycles. The molecule has 110 valence electrons. The van der Waals surface area contributed by atoms with Gasteiger partial charge < -0.3 is 4.90 Å². The summed E-state index contributed by atoms with van der Waals surface area (Å²) in [4.78, 5) is 13.6. The summed E-state index contributed by atoms with van der Waals surface area (Å²) in [5.41, 5.74) is 1.14. The summed E-state index contributed by atoms with van der Waals surface area (Å²) in [6.45, 7) is 1.08. The molecular weight excluding hydrogens is 366 g/mol. The maximum absolute atomic E-state index is 11.8. The zero-order valence-corrected chi connectivity index (χ0v) is 13.9. The molecule has 0 N–H and O–H groups in total. The lowest BCUT2D eigenvalue weighted by atomic mass is 10.1. The molecule has 0 saturated carbocycles. The minimum absolute atomic E-state index is 0.00492. The lowest BCUT2D eigenvalue weighted by Gasteiger charge is -2.16. The largest absolute Gasteiger partial charge is 0.342 e. The fourth-order valence-electron chi connectivity index (χ4n) is 2.42. The second-order valence-electron chi connectivity index (χ2n) is 5.00. The molecule has 0 spiro atoms. The van der Waals surface area contributed by atoms with Gasteiger partial charge in [-0.05, 0) is 24.1 Å². The van der Waals surface area contributed by atoms with E-state index in [4.69, 9.17) is 10.7 Å². The van der Waals surface area contributed by atoms with Gasteiger partial charge in [-0.3, -0.25) is 4.79 Å². The maximum Gasteiger partial charge on any atom is 0.232 e. The molecule has 0 aromatic heterocycles. The van der Waals surface area contributed by atoms with Gasteiger partial charge in [-0.1, -0.05) is 28.1 Å². The normalized spacial score (nSPS) is 19.6. The highest BCUT2D eigenvalue weighted by Gasteiger charge is 2.31. The first-order valence-electron chi connectivity index (χ1n) is 6.28. The maximum atomic E-state index is 11.8. The van der Waals surface area contributed by atoms with Crippen molar-refractivity contribution in [1.29, 1.82) is 0 Å². The molecule has 4 nitrogen and oxygen atoms in total. The molecule has 20 heavy (non-hydrogen) atoms. The van der Waals surface area contributed by atoms with Crippen LogP contribution >= 0.6 is 26.6 Å². The molecule has 0 bridgehead atoms. The van der Waals surface area contributed by atoms with Crippen LogP contribution in [0.1, 0.15) is 12.0 Å². The molecule has 2 rings (SSSR count). The molecule has 1 saturated heterocycles. The van der Waals surface area contributed by atoms with Crippen molar-refractivity contribution in [3.05, 3.63) is 34.3 Å². The Morgan fingerprint density at radius 3 is 2.80 bits per heavy atom. The van der Waals surface area contributed by atoms with Crippen LogP contribution in [0.15, 0.2) is 28.7 Å². The lowest BCUT2D eigenvalue weighted by Crippen LogP contribution is -2.28. The summed E-state index contributed by atoms with van der Waals surface area (Å²) >= 11 is 3.41. The standard InChI is InChI=1S/C13H15BrClNO3S/c14-12-3-1-2-10(6-12)4-5-16-8-11(7-13(16)17)9-20(15,18)19/h1-3,6,11H,4-5,7-9H2. The van der Waals surface area contributed by atoms with Gasteiger partial charge in [-0.15, -0.1) is 0 Å². The number of carbonyl (C=O) groups is 1. The Kier molecular flexibility index (Phi) is 5.09. The van der Waals surface area contributed by atoms with Gasteiger partial charge in [0, 0.05) is 40.6 Å². The zero-order valence-electron chi connectivity index (χ0n) is 10.8. The van der Waals surface area contributed by atoms with Crippen LogP contribution < -0.4 is 0 Å². The first kappa shape index (κ1) is 15.8. The molecule has 7 heteroatoms. The number of nitrogens with zero attached hydrogens (tertiary/aromatic N) is 1. The number of benzene rings is 1. The van der Waals surface area contributed by atoms with E-state index in [1.807, 2.05) is 24.3 Å². The predicted molar refractivity (Wildman–Crippen MR) is 82.2 cm³/mol. The third-order valence-corrected chi connectivity index (χ3v) is 5.03. The average molecular weight is 381 g/mol. The molecule has 1 aliphatic heterocycles. The third kappa shape index (κ3) is 4.75. The van der Waals surface area contributed by atoms with E-state index in [0.717, 1.165) is 16.5 Å². The van der Waals surface area contributed by atoms with E-state index in [-0.39, 0.29) is 24.0 Å². The van der Waals surface area contributed by atoms with Gasteiger partial charge in [0.1, 0.15) is 0 Å². The highest BCUT2D eigenvalue weighted by atomic mass is 79.9. The number of halogens is 2. The lowest BCUT2D eigenvalue weighted by molar-refractivity contribution is -0.127. The van der Waals surface area contributed by atoms with E-state index >= 15 is 0 Å². The first-order chi connectivity index (χ1) is 9.33. The predicted octanol–water partition coefficient (Wildman–Crippen LogP) is 2.41. The fraction of sp³-hybridized carbons (Fsp3) is 0.462. The fourth-order valence-corrected chi connectivity index (χ4v) is 4.19. The summed E-state index contributed by atoms with van der Waals surface area (Å²) in [6, 6.07) is 7.92. The van der Waals surface area contributed by atoms with Crippen molar-refractivity contribution in [1.82, 2.24) is 4.90 Å². The van der Waals surface area contributed by atoms with Crippen molar-refractivity contribution in [2.24, 2.45) is 5.92 Å². The number of likely N-dealkylation sites (tertiary alicyclic amines) is 1. The number of rotatable bonds is 5. The van der Waals surface area contributed by atoms with Crippen LogP contribution in [0.25, 0.3) is 0 Å². The van der Waals surface area contributed by atoms with E-state index in [9.17, 15) is 13.2 Å². The van der Waals surface area contributed by atoms with Crippen molar-refractivity contribution in [2.75, 3.05) is 18.8 Å². The van der Waals surface area contributed by atoms with Gasteiger partial charge in [0.25, 0.3) is 0 Å². The van der Waals surface area contributed by atoms with Crippen LogP contribution in [0.2, 0.25) is 0 Å². The summed E-state index contributed by atoms with van der Waals surface area (Å²) in [6.07, 6.45) is 1.02. The molecule has 0 radical (unpaired) electrons. The molecule has 1 amide bonds. The minimum Gasteiger partial charge on any atom is -0.342 e. The Hall–Kier alpha value is -0.590. The van der Waals surface area contributed by atoms with Gasteiger partial charge in [-0.25, -0.2) is 8.42 Å². The zero-order chi connectivity index (χ0) is 14.8. The number of carbonyl (C=O) groups excluding carboxylic acids is 1. The second-order valence-corrected chi connectivity index (χ2v) is 8.73. The van der Waals surface area contributed by atoms with Gasteiger partial charge in [-0.2, -0.15) is 0 Å². The van der Waals surface area contributed by atoms with E-state index in [0.29, 0.717) is 13.1 Å². The average Bonchev–Trinajstić information content (AvgIpc) is 2.64. The first-order valence-corrected chi connectivity index (χ1v) is 9.55. The molecular formula is C13H15BrClNO3S. The molecule has 1 atom stereocenters. The summed E-state index contributed by atoms with van der Waals surface area (Å²) in [5.74, 6) is -0.314. The van der Waals surface area contributed by atoms with Gasteiger partial charge in [0.2, 0.25) is 15.0 Å². The van der Waals surface area contributed by atoms with E-state index in [1.165, 1.54) is 0 Å². The van der Waals surface area contributed by atoms with Crippen LogP contribution in [0, 0.1) is 5.92 Å². The quantitative estimate of drug-likeness (QED) is 0.737. The second kappa shape index (κ2) is 6.45. The van der Waals surface area contributed by atoms with Crippen molar-refractivity contribution >= 4 is 41.6 Å². The number of hydrogen-bond donors (Lipinski definition) is 0. The Bertz CT molecular complexity index is 605. The van der Waals surface area contributed by atoms with Crippen LogP contribution in [0.4, 0.5) is 0 Å². The highest BCUT2D eigenvalue weighted by Crippen LogP contribution is 2.21. The monoisotopic (exact) mass is 379 g/mol. The van der Waals surface area contributed by atoms with Crippen LogP contribution in [0.3, 0.4) is 0 Å². The minimum atomic E-state index is -3.54. The van der Waals surface area contributed by atoms with Crippen LogP contribution in [-0.2, 0) is 20.3 Å². The highest BCUT2D eigenvalue weighted by molar-refractivity contribution is 9.10. The van der Waals surface area contributed by atoms with Crippen molar-refractivity contribution in [3.8, 4) is 0 Å². The summed E-state index contributed by atoms with van der Waals surface area (Å²) in [5, 5.41) is 0. The molecule has 1 aromatic carbocycles. The van der Waals surface area contributed by atoms with Crippen molar-refractivity contribution in [2.45, 2.75) is 12.8 Å². The van der Waals surface area contributed by atoms with Crippen LogP contribution in [-0.4, -0.2) is 38.1 Å². The van der Waals surface area contributed by atoms with Crippen molar-refractivity contribution in [3.63, 3.8) is 0 Å². The summed E-state index contributed by atoms with van der Waals surface area (Å²) in [7, 11) is 1.70. The van der Waals surface area contributed by atoms with Gasteiger partial charge in [0.15, 0.2) is 0 Å². The Labute approximate surface area is 131 Å². The van der Waals surface area contributed by atoms with Crippen molar-refractivity contribution < 1.29 is 13.2 Å². The molecule has 1 aromatic rings. The number of amides is 1. The molecule has 1 heterocycles. The third-order valence-electron chi connectivity index (χ3n) is 3.29. The molecule has 1 unspecified atom stereocenters. The van der Waals surface area contributed by atoms with E-state index in [1.54, 1.807) is 4.90 Å². The van der Waals surface area contributed by atoms with Gasteiger partial charge in [0.05, 0.1) is 5.75 Å². The topological polar surface area (TPSA) is 54.5 Å². The number of hydrogen-bond acceptors (Lipinski definition) is 3. The Morgan fingerprint density at radius 2 is 2.15 bits per heavy atom. The SMILES string of the molecule is O=C1CC(CS(=O)(=O)Cl)CN1CCc1cccc(Br)c1. The Morgan fingerprint density at radius 1 is 1.40 bits per heavy atom. The van der Waals surface area contributed by atoms with E-state index < -0.39 is 9.05 Å².